The van der Waals surface area contributed by atoms with E-state index in [4.69, 9.17) is 18.9 Å². The third-order valence-electron chi connectivity index (χ3n) is 6.47. The predicted octanol–water partition coefficient (Wildman–Crippen LogP) is 7.68. The lowest BCUT2D eigenvalue weighted by Crippen LogP contribution is -2.30. The molecule has 0 spiro atoms. The summed E-state index contributed by atoms with van der Waals surface area (Å²) < 4.78 is 22.7. The minimum Gasteiger partial charge on any atom is -0.494 e. The van der Waals surface area contributed by atoms with E-state index in [1.165, 1.54) is 19.3 Å². The van der Waals surface area contributed by atoms with Gasteiger partial charge in [0.25, 0.3) is 0 Å². The Balaban J connectivity index is 1.44. The first-order valence-corrected chi connectivity index (χ1v) is 14.6. The van der Waals surface area contributed by atoms with Crippen LogP contribution in [-0.4, -0.2) is 48.0 Å². The largest absolute Gasteiger partial charge is 0.494 e. The van der Waals surface area contributed by atoms with Gasteiger partial charge in [0.2, 0.25) is 0 Å². The zero-order valence-corrected chi connectivity index (χ0v) is 24.4. The van der Waals surface area contributed by atoms with Gasteiger partial charge in [-0.1, -0.05) is 58.1 Å². The Morgan fingerprint density at radius 2 is 1.27 bits per heavy atom. The maximum Gasteiger partial charge on any atom is 0.335 e. The van der Waals surface area contributed by atoms with E-state index in [1.807, 2.05) is 60.9 Å². The minimum absolute atomic E-state index is 0.252. The average Bonchev–Trinajstić information content (AvgIpc) is 2.99. The summed E-state index contributed by atoms with van der Waals surface area (Å²) in [7, 11) is 0. The molecule has 0 bridgehead atoms. The Labute approximate surface area is 239 Å². The van der Waals surface area contributed by atoms with E-state index < -0.39 is 12.2 Å². The summed E-state index contributed by atoms with van der Waals surface area (Å²) in [6.07, 6.45) is 10.6. The third-order valence-corrected chi connectivity index (χ3v) is 6.47. The van der Waals surface area contributed by atoms with Crippen LogP contribution in [0.15, 0.2) is 60.9 Å². The van der Waals surface area contributed by atoms with Gasteiger partial charge in [0.15, 0.2) is 11.9 Å². The zero-order valence-electron chi connectivity index (χ0n) is 24.4. The second-order valence-corrected chi connectivity index (χ2v) is 10.0. The van der Waals surface area contributed by atoms with Crippen molar-refractivity contribution >= 4 is 5.97 Å². The number of ether oxygens (including phenoxy) is 4. The van der Waals surface area contributed by atoms with E-state index in [2.05, 4.69) is 23.8 Å². The summed E-state index contributed by atoms with van der Waals surface area (Å²) >= 11 is 0. The van der Waals surface area contributed by atoms with Crippen molar-refractivity contribution in [1.82, 2.24) is 9.97 Å². The molecule has 0 aliphatic rings. The molecule has 0 aliphatic carbocycles. The Morgan fingerprint density at radius 3 is 1.93 bits per heavy atom. The van der Waals surface area contributed by atoms with E-state index in [1.54, 1.807) is 13.8 Å². The molecule has 7 nitrogen and oxygen atoms in total. The predicted molar refractivity (Wildman–Crippen MR) is 159 cm³/mol. The van der Waals surface area contributed by atoms with Gasteiger partial charge in [-0.15, -0.1) is 0 Å². The SMILES string of the molecule is CCCCCCOc1ccc(-c2cnc(-c3ccc(OCC(C)OC(=O)C(C)OCCCCC)cc3)nc2)cc1. The molecule has 40 heavy (non-hydrogen) atoms. The fraction of sp³-hybridized carbons (Fsp3) is 0.485. The van der Waals surface area contributed by atoms with Gasteiger partial charge >= 0.3 is 5.97 Å². The van der Waals surface area contributed by atoms with Crippen molar-refractivity contribution in [3.8, 4) is 34.0 Å². The molecule has 7 heteroatoms. The van der Waals surface area contributed by atoms with E-state index in [-0.39, 0.29) is 12.6 Å². The smallest absolute Gasteiger partial charge is 0.335 e. The molecule has 0 saturated carbocycles. The van der Waals surface area contributed by atoms with Crippen molar-refractivity contribution in [3.63, 3.8) is 0 Å². The number of hydrogen-bond acceptors (Lipinski definition) is 7. The highest BCUT2D eigenvalue weighted by Gasteiger charge is 2.18. The van der Waals surface area contributed by atoms with Crippen molar-refractivity contribution in [2.75, 3.05) is 19.8 Å². The first kappa shape index (κ1) is 31.1. The summed E-state index contributed by atoms with van der Waals surface area (Å²) in [4.78, 5) is 21.3. The fourth-order valence-corrected chi connectivity index (χ4v) is 4.01. The Bertz CT molecular complexity index is 1120. The Hall–Kier alpha value is -3.45. The Kier molecular flexibility index (Phi) is 13.4. The molecule has 1 heterocycles. The number of carbonyl (C=O) groups excluding carboxylic acids is 1. The standard InChI is InChI=1S/C33H44N2O5/c1-5-7-9-11-21-38-30-16-12-27(13-17-30)29-22-34-32(35-23-29)28-14-18-31(19-15-28)39-24-25(3)40-33(36)26(4)37-20-10-8-6-2/h12-19,22-23,25-26H,5-11,20-21,24H2,1-4H3. The lowest BCUT2D eigenvalue weighted by Gasteiger charge is -2.18. The van der Waals surface area contributed by atoms with E-state index in [0.717, 1.165) is 54.7 Å². The number of unbranched alkanes of at least 4 members (excludes halogenated alkanes) is 5. The normalized spacial score (nSPS) is 12.5. The lowest BCUT2D eigenvalue weighted by atomic mass is 10.1. The lowest BCUT2D eigenvalue weighted by molar-refractivity contribution is -0.162. The quantitative estimate of drug-likeness (QED) is 0.119. The molecule has 0 saturated heterocycles. The number of carbonyl (C=O) groups is 1. The molecular weight excluding hydrogens is 504 g/mol. The zero-order chi connectivity index (χ0) is 28.6. The first-order valence-electron chi connectivity index (χ1n) is 14.6. The second kappa shape index (κ2) is 17.3. The number of benzene rings is 2. The summed E-state index contributed by atoms with van der Waals surface area (Å²) in [5, 5.41) is 0. The van der Waals surface area contributed by atoms with Crippen LogP contribution in [0.4, 0.5) is 0 Å². The summed E-state index contributed by atoms with van der Waals surface area (Å²) in [6.45, 7) is 9.43. The molecule has 1 aromatic heterocycles. The van der Waals surface area contributed by atoms with Crippen molar-refractivity contribution < 1.29 is 23.7 Å². The molecule has 2 atom stereocenters. The highest BCUT2D eigenvalue weighted by atomic mass is 16.6. The maximum absolute atomic E-state index is 12.2. The van der Waals surface area contributed by atoms with Crippen LogP contribution >= 0.6 is 0 Å². The molecular formula is C33H44N2O5. The molecule has 2 aromatic carbocycles. The topological polar surface area (TPSA) is 79.8 Å². The van der Waals surface area contributed by atoms with Crippen LogP contribution in [0.3, 0.4) is 0 Å². The number of nitrogens with zero attached hydrogens (tertiary/aromatic N) is 2. The summed E-state index contributed by atoms with van der Waals surface area (Å²) in [5.41, 5.74) is 2.88. The number of aromatic nitrogens is 2. The molecule has 216 valence electrons. The van der Waals surface area contributed by atoms with Crippen molar-refractivity contribution in [3.05, 3.63) is 60.9 Å². The number of esters is 1. The van der Waals surface area contributed by atoms with Gasteiger partial charge in [0, 0.05) is 30.1 Å². The summed E-state index contributed by atoms with van der Waals surface area (Å²) in [5.74, 6) is 1.83. The van der Waals surface area contributed by atoms with Gasteiger partial charge in [0.1, 0.15) is 24.2 Å². The van der Waals surface area contributed by atoms with Gasteiger partial charge in [-0.05, 0) is 68.7 Å². The molecule has 2 unspecified atom stereocenters. The van der Waals surface area contributed by atoms with Crippen LogP contribution < -0.4 is 9.47 Å². The van der Waals surface area contributed by atoms with E-state index in [0.29, 0.717) is 18.2 Å². The van der Waals surface area contributed by atoms with E-state index >= 15 is 0 Å². The molecule has 0 amide bonds. The highest BCUT2D eigenvalue weighted by Crippen LogP contribution is 2.24. The van der Waals surface area contributed by atoms with Crippen molar-refractivity contribution in [2.45, 2.75) is 84.8 Å². The number of rotatable bonds is 18. The molecule has 0 radical (unpaired) electrons. The highest BCUT2D eigenvalue weighted by molar-refractivity contribution is 5.74. The van der Waals surface area contributed by atoms with E-state index in [9.17, 15) is 4.79 Å². The van der Waals surface area contributed by atoms with Gasteiger partial charge in [-0.25, -0.2) is 14.8 Å². The third kappa shape index (κ3) is 10.6. The van der Waals surface area contributed by atoms with Crippen molar-refractivity contribution in [2.24, 2.45) is 0 Å². The molecule has 3 aromatic rings. The van der Waals surface area contributed by atoms with Gasteiger partial charge in [-0.3, -0.25) is 0 Å². The minimum atomic E-state index is -0.580. The molecule has 0 aliphatic heterocycles. The van der Waals surface area contributed by atoms with Crippen LogP contribution in [0.5, 0.6) is 11.5 Å². The monoisotopic (exact) mass is 548 g/mol. The van der Waals surface area contributed by atoms with Crippen LogP contribution in [0.25, 0.3) is 22.5 Å². The molecule has 0 fully saturated rings. The molecule has 3 rings (SSSR count). The van der Waals surface area contributed by atoms with Crippen LogP contribution in [0.1, 0.15) is 72.6 Å². The second-order valence-electron chi connectivity index (χ2n) is 10.0. The van der Waals surface area contributed by atoms with Crippen LogP contribution in [0, 0.1) is 0 Å². The Morgan fingerprint density at radius 1 is 0.700 bits per heavy atom. The molecule has 0 N–H and O–H groups in total. The summed E-state index contributed by atoms with van der Waals surface area (Å²) in [6, 6.07) is 15.6. The van der Waals surface area contributed by atoms with Crippen molar-refractivity contribution in [1.29, 1.82) is 0 Å². The van der Waals surface area contributed by atoms with Crippen LogP contribution in [0.2, 0.25) is 0 Å². The average molecular weight is 549 g/mol. The maximum atomic E-state index is 12.2. The fourth-order valence-electron chi connectivity index (χ4n) is 4.01. The number of hydrogen-bond donors (Lipinski definition) is 0. The van der Waals surface area contributed by atoms with Gasteiger partial charge < -0.3 is 18.9 Å². The van der Waals surface area contributed by atoms with Gasteiger partial charge in [-0.2, -0.15) is 0 Å². The van der Waals surface area contributed by atoms with Crippen LogP contribution in [-0.2, 0) is 14.3 Å². The van der Waals surface area contributed by atoms with Gasteiger partial charge in [0.05, 0.1) is 6.61 Å². The first-order chi connectivity index (χ1) is 19.5.